The summed E-state index contributed by atoms with van der Waals surface area (Å²) in [7, 11) is 0. The van der Waals surface area contributed by atoms with Crippen molar-refractivity contribution in [3.63, 3.8) is 0 Å². The highest BCUT2D eigenvalue weighted by atomic mass is 35.5. The lowest BCUT2D eigenvalue weighted by Crippen LogP contribution is -2.08. The van der Waals surface area contributed by atoms with E-state index in [1.54, 1.807) is 18.2 Å². The number of hydrogen-bond donors (Lipinski definition) is 3. The summed E-state index contributed by atoms with van der Waals surface area (Å²) in [6, 6.07) is 12.6. The van der Waals surface area contributed by atoms with Crippen molar-refractivity contribution in [1.29, 1.82) is 0 Å². The third-order valence-corrected chi connectivity index (χ3v) is 4.26. The molecule has 0 saturated carbocycles. The minimum atomic E-state index is 0.382. The Morgan fingerprint density at radius 1 is 0.880 bits per heavy atom. The molecule has 2 aromatic carbocycles. The first kappa shape index (κ1) is 17.6. The Kier molecular flexibility index (Phi) is 5.48. The molecule has 0 radical (unpaired) electrons. The molecule has 0 aliphatic rings. The smallest absolute Gasteiger partial charge is 0.159 e. The molecule has 8 heteroatoms. The Bertz CT molecular complexity index is 884. The summed E-state index contributed by atoms with van der Waals surface area (Å²) in [5, 5.41) is 8.02. The van der Waals surface area contributed by atoms with Gasteiger partial charge in [0.1, 0.15) is 12.0 Å². The highest BCUT2D eigenvalue weighted by Gasteiger charge is 2.10. The predicted molar refractivity (Wildman–Crippen MR) is 105 cm³/mol. The second-order valence-corrected chi connectivity index (χ2v) is 6.49. The van der Waals surface area contributed by atoms with Crippen LogP contribution in [0, 0.1) is 0 Å². The van der Waals surface area contributed by atoms with Crippen LogP contribution in [-0.4, -0.2) is 9.97 Å². The van der Waals surface area contributed by atoms with Gasteiger partial charge in [0.2, 0.25) is 0 Å². The summed E-state index contributed by atoms with van der Waals surface area (Å²) < 4.78 is 0. The second kappa shape index (κ2) is 7.78. The summed E-state index contributed by atoms with van der Waals surface area (Å²) >= 11 is 18.0. The first-order valence-electron chi connectivity index (χ1n) is 7.34. The maximum absolute atomic E-state index is 6.16. The quantitative estimate of drug-likeness (QED) is 0.542. The van der Waals surface area contributed by atoms with Gasteiger partial charge in [0.05, 0.1) is 10.7 Å². The van der Waals surface area contributed by atoms with E-state index in [4.69, 9.17) is 40.5 Å². The first-order valence-corrected chi connectivity index (χ1v) is 8.47. The van der Waals surface area contributed by atoms with Gasteiger partial charge < -0.3 is 16.4 Å². The van der Waals surface area contributed by atoms with Crippen molar-refractivity contribution in [2.24, 2.45) is 0 Å². The van der Waals surface area contributed by atoms with Crippen LogP contribution in [0.1, 0.15) is 5.56 Å². The van der Waals surface area contributed by atoms with Gasteiger partial charge in [-0.15, -0.1) is 0 Å². The lowest BCUT2D eigenvalue weighted by Gasteiger charge is -2.13. The Morgan fingerprint density at radius 2 is 1.56 bits per heavy atom. The molecule has 0 saturated heterocycles. The lowest BCUT2D eigenvalue weighted by atomic mass is 10.2. The molecule has 1 heterocycles. The molecule has 0 atom stereocenters. The molecule has 0 aliphatic heterocycles. The van der Waals surface area contributed by atoms with Crippen molar-refractivity contribution >= 4 is 57.8 Å². The van der Waals surface area contributed by atoms with Crippen molar-refractivity contribution < 1.29 is 0 Å². The Labute approximate surface area is 160 Å². The highest BCUT2D eigenvalue weighted by molar-refractivity contribution is 6.35. The zero-order chi connectivity index (χ0) is 17.8. The second-order valence-electron chi connectivity index (χ2n) is 5.21. The lowest BCUT2D eigenvalue weighted by molar-refractivity contribution is 1.09. The van der Waals surface area contributed by atoms with Crippen molar-refractivity contribution in [1.82, 2.24) is 9.97 Å². The maximum Gasteiger partial charge on any atom is 0.159 e. The van der Waals surface area contributed by atoms with E-state index in [1.807, 2.05) is 24.3 Å². The molecule has 25 heavy (non-hydrogen) atoms. The van der Waals surface area contributed by atoms with Crippen LogP contribution >= 0.6 is 34.8 Å². The third-order valence-electron chi connectivity index (χ3n) is 3.44. The van der Waals surface area contributed by atoms with Gasteiger partial charge in [-0.25, -0.2) is 9.97 Å². The normalized spacial score (nSPS) is 10.5. The van der Waals surface area contributed by atoms with Gasteiger partial charge in [-0.2, -0.15) is 0 Å². The number of nitrogens with zero attached hydrogens (tertiary/aromatic N) is 2. The largest absolute Gasteiger partial charge is 0.393 e. The number of rotatable bonds is 5. The van der Waals surface area contributed by atoms with Crippen molar-refractivity contribution in [2.45, 2.75) is 6.54 Å². The number of nitrogen functional groups attached to an aromatic ring is 1. The van der Waals surface area contributed by atoms with Crippen LogP contribution in [0.3, 0.4) is 0 Å². The van der Waals surface area contributed by atoms with Crippen LogP contribution in [0.15, 0.2) is 48.8 Å². The molecule has 4 N–H and O–H groups in total. The number of halogens is 3. The van der Waals surface area contributed by atoms with Crippen LogP contribution in [-0.2, 0) is 6.54 Å². The van der Waals surface area contributed by atoms with Crippen molar-refractivity contribution in [3.8, 4) is 0 Å². The number of nitrogens with two attached hydrogens (primary N) is 1. The van der Waals surface area contributed by atoms with Crippen LogP contribution in [0.25, 0.3) is 0 Å². The molecule has 0 fully saturated rings. The Morgan fingerprint density at radius 3 is 2.32 bits per heavy atom. The van der Waals surface area contributed by atoms with Crippen molar-refractivity contribution in [3.05, 3.63) is 69.4 Å². The molecule has 0 unspecified atom stereocenters. The Hall–Kier alpha value is -2.21. The monoisotopic (exact) mass is 393 g/mol. The molecule has 0 aliphatic carbocycles. The van der Waals surface area contributed by atoms with E-state index in [2.05, 4.69) is 20.6 Å². The van der Waals surface area contributed by atoms with E-state index in [0.29, 0.717) is 44.6 Å². The van der Waals surface area contributed by atoms with E-state index in [9.17, 15) is 0 Å². The fourth-order valence-corrected chi connectivity index (χ4v) is 2.61. The van der Waals surface area contributed by atoms with Crippen LogP contribution in [0.2, 0.25) is 15.1 Å². The summed E-state index contributed by atoms with van der Waals surface area (Å²) in [5.74, 6) is 0.961. The van der Waals surface area contributed by atoms with E-state index >= 15 is 0 Å². The molecular formula is C17H14Cl3N5. The van der Waals surface area contributed by atoms with Crippen molar-refractivity contribution in [2.75, 3.05) is 16.4 Å². The van der Waals surface area contributed by atoms with Gasteiger partial charge >= 0.3 is 0 Å². The predicted octanol–water partition coefficient (Wildman–Crippen LogP) is 5.37. The van der Waals surface area contributed by atoms with E-state index in [-0.39, 0.29) is 0 Å². The van der Waals surface area contributed by atoms with E-state index in [0.717, 1.165) is 5.56 Å². The number of nitrogens with one attached hydrogen (secondary N) is 2. The molecule has 3 aromatic rings. The number of anilines is 4. The molecule has 128 valence electrons. The average molecular weight is 395 g/mol. The summed E-state index contributed by atoms with van der Waals surface area (Å²) in [6.07, 6.45) is 1.42. The fourth-order valence-electron chi connectivity index (χ4n) is 2.14. The minimum Gasteiger partial charge on any atom is -0.393 e. The van der Waals surface area contributed by atoms with E-state index < -0.39 is 0 Å². The summed E-state index contributed by atoms with van der Waals surface area (Å²) in [5.41, 5.74) is 8.21. The van der Waals surface area contributed by atoms with Crippen LogP contribution in [0.4, 0.5) is 23.0 Å². The summed E-state index contributed by atoms with van der Waals surface area (Å²) in [4.78, 5) is 8.35. The van der Waals surface area contributed by atoms with Gasteiger partial charge in [-0.1, -0.05) is 46.9 Å². The van der Waals surface area contributed by atoms with Gasteiger partial charge in [-0.3, -0.25) is 0 Å². The summed E-state index contributed by atoms with van der Waals surface area (Å²) in [6.45, 7) is 0.551. The molecule has 0 bridgehead atoms. The zero-order valence-corrected chi connectivity index (χ0v) is 15.2. The van der Waals surface area contributed by atoms with Crippen LogP contribution < -0.4 is 16.4 Å². The molecule has 5 nitrogen and oxygen atoms in total. The first-order chi connectivity index (χ1) is 12.0. The molecule has 1 aromatic heterocycles. The highest BCUT2D eigenvalue weighted by Crippen LogP contribution is 2.31. The molecule has 0 spiro atoms. The van der Waals surface area contributed by atoms with Gasteiger partial charge in [0.15, 0.2) is 11.6 Å². The SMILES string of the molecule is Nc1c(NCc2ccc(Cl)cc2)ncnc1Nc1cc(Cl)ccc1Cl. The topological polar surface area (TPSA) is 75.9 Å². The zero-order valence-electron chi connectivity index (χ0n) is 12.9. The average Bonchev–Trinajstić information content (AvgIpc) is 2.60. The van der Waals surface area contributed by atoms with Crippen LogP contribution in [0.5, 0.6) is 0 Å². The molecule has 0 amide bonds. The van der Waals surface area contributed by atoms with Gasteiger partial charge in [0, 0.05) is 16.6 Å². The van der Waals surface area contributed by atoms with Gasteiger partial charge in [-0.05, 0) is 35.9 Å². The number of benzene rings is 2. The standard InChI is InChI=1S/C17H14Cl3N5/c18-11-3-1-10(2-4-11)8-22-16-15(21)17(24-9-23-16)25-14-7-12(19)5-6-13(14)20/h1-7,9H,8,21H2,(H2,22,23,24,25). The molecular weight excluding hydrogens is 381 g/mol. The number of aromatic nitrogens is 2. The minimum absolute atomic E-state index is 0.382. The Balaban J connectivity index is 1.77. The van der Waals surface area contributed by atoms with Gasteiger partial charge in [0.25, 0.3) is 0 Å². The molecule has 3 rings (SSSR count). The number of hydrogen-bond acceptors (Lipinski definition) is 5. The third kappa shape index (κ3) is 4.45. The fraction of sp³-hybridized carbons (Fsp3) is 0.0588. The maximum atomic E-state index is 6.16. The van der Waals surface area contributed by atoms with E-state index in [1.165, 1.54) is 6.33 Å².